The van der Waals surface area contributed by atoms with Crippen molar-refractivity contribution in [1.29, 1.82) is 0 Å². The van der Waals surface area contributed by atoms with Crippen LogP contribution < -0.4 is 10.6 Å². The summed E-state index contributed by atoms with van der Waals surface area (Å²) in [6, 6.07) is 6.78. The van der Waals surface area contributed by atoms with Crippen LogP contribution in [0.2, 0.25) is 5.02 Å². The van der Waals surface area contributed by atoms with E-state index in [4.69, 9.17) is 11.6 Å². The van der Waals surface area contributed by atoms with Crippen LogP contribution in [-0.4, -0.2) is 19.1 Å². The molecule has 0 radical (unpaired) electrons. The van der Waals surface area contributed by atoms with Crippen LogP contribution in [0.15, 0.2) is 18.2 Å². The van der Waals surface area contributed by atoms with Gasteiger partial charge in [0.1, 0.15) is 0 Å². The maximum absolute atomic E-state index is 6.11. The quantitative estimate of drug-likeness (QED) is 0.827. The van der Waals surface area contributed by atoms with Gasteiger partial charge in [0.05, 0.1) is 0 Å². The van der Waals surface area contributed by atoms with Crippen LogP contribution in [0.25, 0.3) is 0 Å². The number of nitrogens with one attached hydrogen (secondary N) is 2. The lowest BCUT2D eigenvalue weighted by atomic mass is 10.1. The summed E-state index contributed by atoms with van der Waals surface area (Å²) in [6.07, 6.45) is 3.67. The number of aryl methyl sites for hydroxylation is 1. The van der Waals surface area contributed by atoms with Gasteiger partial charge < -0.3 is 10.6 Å². The van der Waals surface area contributed by atoms with Crippen molar-refractivity contribution in [3.63, 3.8) is 0 Å². The topological polar surface area (TPSA) is 24.1 Å². The molecule has 0 spiro atoms. The third-order valence-corrected chi connectivity index (χ3v) is 3.53. The Morgan fingerprint density at radius 3 is 3.00 bits per heavy atom. The molecule has 2 nitrogen and oxygen atoms in total. The number of benzene rings is 1. The number of rotatable bonds is 2. The standard InChI is InChI=1S/C13H19ClN2/c1-10-4-5-12(9-13(10)14)16-11-3-2-7-15-8-6-11/h4-5,9,11,15-16H,2-3,6-8H2,1H3. The molecule has 16 heavy (non-hydrogen) atoms. The molecular formula is C13H19ClN2. The van der Waals surface area contributed by atoms with Crippen LogP contribution in [0.5, 0.6) is 0 Å². The molecular weight excluding hydrogens is 220 g/mol. The molecule has 1 aromatic carbocycles. The summed E-state index contributed by atoms with van der Waals surface area (Å²) in [7, 11) is 0. The molecule has 1 aromatic rings. The lowest BCUT2D eigenvalue weighted by Gasteiger charge is -2.17. The first-order chi connectivity index (χ1) is 7.75. The van der Waals surface area contributed by atoms with Crippen LogP contribution >= 0.6 is 11.6 Å². The molecule has 0 amide bonds. The van der Waals surface area contributed by atoms with E-state index in [2.05, 4.69) is 22.8 Å². The minimum atomic E-state index is 0.578. The van der Waals surface area contributed by atoms with Gasteiger partial charge in [-0.1, -0.05) is 17.7 Å². The Hall–Kier alpha value is -0.730. The highest BCUT2D eigenvalue weighted by Crippen LogP contribution is 2.21. The van der Waals surface area contributed by atoms with Gasteiger partial charge >= 0.3 is 0 Å². The van der Waals surface area contributed by atoms with E-state index in [9.17, 15) is 0 Å². The van der Waals surface area contributed by atoms with E-state index in [1.807, 2.05) is 13.0 Å². The molecule has 2 N–H and O–H groups in total. The number of halogens is 1. The first kappa shape index (κ1) is 11.7. The molecule has 1 saturated heterocycles. The molecule has 0 aliphatic carbocycles. The van der Waals surface area contributed by atoms with Gasteiger partial charge in [-0.25, -0.2) is 0 Å². The summed E-state index contributed by atoms with van der Waals surface area (Å²) in [5.41, 5.74) is 2.28. The van der Waals surface area contributed by atoms with Crippen molar-refractivity contribution in [1.82, 2.24) is 5.32 Å². The first-order valence-corrected chi connectivity index (χ1v) is 6.37. The number of hydrogen-bond acceptors (Lipinski definition) is 2. The van der Waals surface area contributed by atoms with Gasteiger partial charge in [-0.05, 0) is 57.0 Å². The summed E-state index contributed by atoms with van der Waals surface area (Å²) in [5.74, 6) is 0. The second-order valence-corrected chi connectivity index (χ2v) is 4.89. The van der Waals surface area contributed by atoms with Crippen LogP contribution in [-0.2, 0) is 0 Å². The number of anilines is 1. The van der Waals surface area contributed by atoms with Crippen molar-refractivity contribution in [2.75, 3.05) is 18.4 Å². The number of hydrogen-bond donors (Lipinski definition) is 2. The molecule has 1 atom stereocenters. The Bertz CT molecular complexity index is 344. The zero-order valence-corrected chi connectivity index (χ0v) is 10.5. The van der Waals surface area contributed by atoms with E-state index in [-0.39, 0.29) is 0 Å². The van der Waals surface area contributed by atoms with Crippen molar-refractivity contribution < 1.29 is 0 Å². The van der Waals surface area contributed by atoms with E-state index in [0.29, 0.717) is 6.04 Å². The van der Waals surface area contributed by atoms with Crippen LogP contribution in [0.3, 0.4) is 0 Å². The van der Waals surface area contributed by atoms with Gasteiger partial charge in [-0.2, -0.15) is 0 Å². The van der Waals surface area contributed by atoms with Gasteiger partial charge in [0.25, 0.3) is 0 Å². The van der Waals surface area contributed by atoms with Gasteiger partial charge in [0.15, 0.2) is 0 Å². The molecule has 3 heteroatoms. The normalized spacial score (nSPS) is 21.5. The highest BCUT2D eigenvalue weighted by atomic mass is 35.5. The molecule has 1 fully saturated rings. The maximum Gasteiger partial charge on any atom is 0.0455 e. The summed E-state index contributed by atoms with van der Waals surface area (Å²) in [5, 5.41) is 7.83. The third-order valence-electron chi connectivity index (χ3n) is 3.12. The fourth-order valence-electron chi connectivity index (χ4n) is 2.08. The Balaban J connectivity index is 1.99. The van der Waals surface area contributed by atoms with Gasteiger partial charge in [0, 0.05) is 16.8 Å². The zero-order chi connectivity index (χ0) is 11.4. The van der Waals surface area contributed by atoms with Gasteiger partial charge in [0.2, 0.25) is 0 Å². The maximum atomic E-state index is 6.11. The molecule has 0 bridgehead atoms. The van der Waals surface area contributed by atoms with E-state index in [1.165, 1.54) is 19.3 Å². The van der Waals surface area contributed by atoms with Crippen molar-refractivity contribution >= 4 is 17.3 Å². The minimum Gasteiger partial charge on any atom is -0.382 e. The minimum absolute atomic E-state index is 0.578. The second kappa shape index (κ2) is 5.55. The zero-order valence-electron chi connectivity index (χ0n) is 9.72. The van der Waals surface area contributed by atoms with Crippen LogP contribution in [0.4, 0.5) is 5.69 Å². The molecule has 1 heterocycles. The molecule has 0 saturated carbocycles. The Labute approximate surface area is 102 Å². The molecule has 88 valence electrons. The van der Waals surface area contributed by atoms with Crippen molar-refractivity contribution in [3.8, 4) is 0 Å². The van der Waals surface area contributed by atoms with E-state index in [1.54, 1.807) is 0 Å². The smallest absolute Gasteiger partial charge is 0.0455 e. The Morgan fingerprint density at radius 1 is 1.31 bits per heavy atom. The fourth-order valence-corrected chi connectivity index (χ4v) is 2.26. The third kappa shape index (κ3) is 3.13. The average molecular weight is 239 g/mol. The van der Waals surface area contributed by atoms with E-state index >= 15 is 0 Å². The average Bonchev–Trinajstić information content (AvgIpc) is 2.52. The highest BCUT2D eigenvalue weighted by Gasteiger charge is 2.11. The lowest BCUT2D eigenvalue weighted by Crippen LogP contribution is -2.21. The van der Waals surface area contributed by atoms with Crippen molar-refractivity contribution in [2.24, 2.45) is 0 Å². The fraction of sp³-hybridized carbons (Fsp3) is 0.538. The molecule has 2 rings (SSSR count). The largest absolute Gasteiger partial charge is 0.382 e. The SMILES string of the molecule is Cc1ccc(NC2CCCNCC2)cc1Cl. The summed E-state index contributed by atoms with van der Waals surface area (Å²) in [6.45, 7) is 4.28. The molecule has 1 unspecified atom stereocenters. The Morgan fingerprint density at radius 2 is 2.19 bits per heavy atom. The molecule has 1 aliphatic heterocycles. The van der Waals surface area contributed by atoms with Crippen molar-refractivity contribution in [3.05, 3.63) is 28.8 Å². The Kier molecular flexibility index (Phi) is 4.08. The van der Waals surface area contributed by atoms with E-state index < -0.39 is 0 Å². The summed E-state index contributed by atoms with van der Waals surface area (Å²) in [4.78, 5) is 0. The van der Waals surface area contributed by atoms with Crippen LogP contribution in [0, 0.1) is 6.92 Å². The molecule has 0 aromatic heterocycles. The van der Waals surface area contributed by atoms with Crippen molar-refractivity contribution in [2.45, 2.75) is 32.2 Å². The highest BCUT2D eigenvalue weighted by molar-refractivity contribution is 6.31. The van der Waals surface area contributed by atoms with Crippen LogP contribution in [0.1, 0.15) is 24.8 Å². The second-order valence-electron chi connectivity index (χ2n) is 4.49. The first-order valence-electron chi connectivity index (χ1n) is 5.99. The lowest BCUT2D eigenvalue weighted by molar-refractivity contribution is 0.637. The summed E-state index contributed by atoms with van der Waals surface area (Å²) >= 11 is 6.11. The summed E-state index contributed by atoms with van der Waals surface area (Å²) < 4.78 is 0. The predicted molar refractivity (Wildman–Crippen MR) is 70.3 cm³/mol. The van der Waals surface area contributed by atoms with E-state index in [0.717, 1.165) is 29.4 Å². The molecule has 1 aliphatic rings. The monoisotopic (exact) mass is 238 g/mol. The van der Waals surface area contributed by atoms with Gasteiger partial charge in [-0.3, -0.25) is 0 Å². The van der Waals surface area contributed by atoms with Gasteiger partial charge in [-0.15, -0.1) is 0 Å². The predicted octanol–water partition coefficient (Wildman–Crippen LogP) is 3.20.